The maximum atomic E-state index is 12.4. The minimum absolute atomic E-state index is 0.0585. The number of nitrogens with one attached hydrogen (secondary N) is 2. The van der Waals surface area contributed by atoms with Gasteiger partial charge in [-0.1, -0.05) is 6.07 Å². The van der Waals surface area contributed by atoms with Crippen molar-refractivity contribution in [1.29, 1.82) is 0 Å². The van der Waals surface area contributed by atoms with Crippen LogP contribution in [-0.2, 0) is 4.79 Å². The molecule has 5 nitrogen and oxygen atoms in total. The number of rotatable bonds is 6. The fraction of sp³-hybridized carbons (Fsp3) is 0.300. The van der Waals surface area contributed by atoms with Gasteiger partial charge in [0, 0.05) is 23.4 Å². The number of benzene rings is 2. The van der Waals surface area contributed by atoms with E-state index in [0.29, 0.717) is 30.6 Å². The Balaban J connectivity index is 2.06. The fourth-order valence-electron chi connectivity index (χ4n) is 2.44. The second kappa shape index (κ2) is 8.44. The molecule has 5 heteroatoms. The van der Waals surface area contributed by atoms with E-state index in [-0.39, 0.29) is 11.8 Å². The first-order chi connectivity index (χ1) is 11.9. The largest absolute Gasteiger partial charge is 0.330 e. The van der Waals surface area contributed by atoms with Gasteiger partial charge < -0.3 is 16.4 Å². The van der Waals surface area contributed by atoms with Gasteiger partial charge in [0.15, 0.2) is 0 Å². The van der Waals surface area contributed by atoms with Crippen LogP contribution in [0.25, 0.3) is 0 Å². The van der Waals surface area contributed by atoms with Gasteiger partial charge in [-0.3, -0.25) is 9.59 Å². The van der Waals surface area contributed by atoms with E-state index < -0.39 is 0 Å². The summed E-state index contributed by atoms with van der Waals surface area (Å²) in [5, 5.41) is 5.76. The van der Waals surface area contributed by atoms with Gasteiger partial charge in [0.25, 0.3) is 5.91 Å². The molecule has 132 valence electrons. The highest BCUT2D eigenvalue weighted by Gasteiger charge is 2.10. The summed E-state index contributed by atoms with van der Waals surface area (Å²) in [5.74, 6) is -0.206. The lowest BCUT2D eigenvalue weighted by molar-refractivity contribution is -0.116. The predicted octanol–water partition coefficient (Wildman–Crippen LogP) is 3.54. The van der Waals surface area contributed by atoms with Crippen molar-refractivity contribution in [2.45, 2.75) is 33.6 Å². The van der Waals surface area contributed by atoms with Crippen molar-refractivity contribution < 1.29 is 9.59 Å². The third kappa shape index (κ3) is 5.16. The van der Waals surface area contributed by atoms with Crippen molar-refractivity contribution in [2.75, 3.05) is 17.2 Å². The first-order valence-electron chi connectivity index (χ1n) is 8.40. The summed E-state index contributed by atoms with van der Waals surface area (Å²) in [6, 6.07) is 11.1. The zero-order chi connectivity index (χ0) is 18.4. The van der Waals surface area contributed by atoms with Gasteiger partial charge in [-0.05, 0) is 80.8 Å². The van der Waals surface area contributed by atoms with Crippen LogP contribution in [0, 0.1) is 20.8 Å². The van der Waals surface area contributed by atoms with E-state index in [1.807, 2.05) is 45.0 Å². The lowest BCUT2D eigenvalue weighted by Crippen LogP contribution is -2.15. The van der Waals surface area contributed by atoms with Gasteiger partial charge in [-0.2, -0.15) is 0 Å². The van der Waals surface area contributed by atoms with Crippen molar-refractivity contribution in [3.05, 3.63) is 58.7 Å². The van der Waals surface area contributed by atoms with E-state index in [2.05, 4.69) is 10.6 Å². The molecule has 0 unspecified atom stereocenters. The highest BCUT2D eigenvalue weighted by Crippen LogP contribution is 2.21. The van der Waals surface area contributed by atoms with Gasteiger partial charge in [0.2, 0.25) is 5.91 Å². The molecule has 0 heterocycles. The second-order valence-electron chi connectivity index (χ2n) is 6.22. The highest BCUT2D eigenvalue weighted by molar-refractivity contribution is 6.05. The van der Waals surface area contributed by atoms with Crippen LogP contribution in [0.3, 0.4) is 0 Å². The van der Waals surface area contributed by atoms with E-state index in [9.17, 15) is 9.59 Å². The Morgan fingerprint density at radius 3 is 2.32 bits per heavy atom. The molecule has 0 aliphatic carbocycles. The molecule has 0 fully saturated rings. The van der Waals surface area contributed by atoms with Gasteiger partial charge in [0.05, 0.1) is 0 Å². The average Bonchev–Trinajstić information content (AvgIpc) is 2.57. The van der Waals surface area contributed by atoms with Crippen LogP contribution in [0.2, 0.25) is 0 Å². The summed E-state index contributed by atoms with van der Waals surface area (Å²) in [6.45, 7) is 6.39. The monoisotopic (exact) mass is 339 g/mol. The van der Waals surface area contributed by atoms with Crippen LogP contribution in [0.4, 0.5) is 11.4 Å². The molecular formula is C20H25N3O2. The van der Waals surface area contributed by atoms with E-state index in [4.69, 9.17) is 5.73 Å². The third-order valence-corrected chi connectivity index (χ3v) is 4.14. The molecule has 2 aromatic carbocycles. The molecule has 0 aromatic heterocycles. The summed E-state index contributed by atoms with van der Waals surface area (Å²) in [7, 11) is 0. The molecule has 2 rings (SSSR count). The lowest BCUT2D eigenvalue weighted by atomic mass is 10.1. The van der Waals surface area contributed by atoms with Crippen LogP contribution in [0.1, 0.15) is 39.9 Å². The SMILES string of the molecule is Cc1ccc(C(=O)Nc2ccc(NC(=O)CCCN)cc2C)cc1C. The molecule has 0 spiro atoms. The summed E-state index contributed by atoms with van der Waals surface area (Å²) >= 11 is 0. The Labute approximate surface area is 148 Å². The third-order valence-electron chi connectivity index (χ3n) is 4.14. The summed E-state index contributed by atoms with van der Waals surface area (Å²) in [6.07, 6.45) is 1.07. The van der Waals surface area contributed by atoms with Crippen LogP contribution in [-0.4, -0.2) is 18.4 Å². The van der Waals surface area contributed by atoms with Crippen LogP contribution in [0.15, 0.2) is 36.4 Å². The molecule has 0 bridgehead atoms. The number of nitrogens with two attached hydrogens (primary N) is 1. The summed E-state index contributed by atoms with van der Waals surface area (Å²) in [4.78, 5) is 24.2. The maximum Gasteiger partial charge on any atom is 0.255 e. The summed E-state index contributed by atoms with van der Waals surface area (Å²) < 4.78 is 0. The quantitative estimate of drug-likeness (QED) is 0.752. The molecule has 0 aliphatic rings. The number of carbonyl (C=O) groups is 2. The highest BCUT2D eigenvalue weighted by atomic mass is 16.2. The molecular weight excluding hydrogens is 314 g/mol. The Morgan fingerprint density at radius 1 is 0.920 bits per heavy atom. The Hall–Kier alpha value is -2.66. The molecule has 0 saturated carbocycles. The minimum atomic E-state index is -0.147. The average molecular weight is 339 g/mol. The summed E-state index contributed by atoms with van der Waals surface area (Å²) in [5.41, 5.74) is 10.6. The van der Waals surface area contributed by atoms with Gasteiger partial charge in [-0.15, -0.1) is 0 Å². The fourth-order valence-corrected chi connectivity index (χ4v) is 2.44. The van der Waals surface area contributed by atoms with E-state index in [1.54, 1.807) is 12.1 Å². The van der Waals surface area contributed by atoms with Crippen LogP contribution >= 0.6 is 0 Å². The molecule has 0 aliphatic heterocycles. The maximum absolute atomic E-state index is 12.4. The van der Waals surface area contributed by atoms with Crippen LogP contribution in [0.5, 0.6) is 0 Å². The van der Waals surface area contributed by atoms with Crippen molar-refractivity contribution in [3.8, 4) is 0 Å². The molecule has 2 aromatic rings. The normalized spacial score (nSPS) is 10.4. The smallest absolute Gasteiger partial charge is 0.255 e. The van der Waals surface area contributed by atoms with Crippen molar-refractivity contribution >= 4 is 23.2 Å². The number of aryl methyl sites for hydroxylation is 3. The van der Waals surface area contributed by atoms with Gasteiger partial charge in [0.1, 0.15) is 0 Å². The molecule has 25 heavy (non-hydrogen) atoms. The Bertz CT molecular complexity index is 785. The molecule has 0 atom stereocenters. The molecule has 0 radical (unpaired) electrons. The van der Waals surface area contributed by atoms with E-state index in [1.165, 1.54) is 0 Å². The zero-order valence-corrected chi connectivity index (χ0v) is 15.0. The lowest BCUT2D eigenvalue weighted by Gasteiger charge is -2.12. The Morgan fingerprint density at radius 2 is 1.68 bits per heavy atom. The van der Waals surface area contributed by atoms with Crippen molar-refractivity contribution in [3.63, 3.8) is 0 Å². The number of hydrogen-bond acceptors (Lipinski definition) is 3. The number of anilines is 2. The number of carbonyl (C=O) groups excluding carboxylic acids is 2. The number of amides is 2. The Kier molecular flexibility index (Phi) is 6.31. The minimum Gasteiger partial charge on any atom is -0.330 e. The van der Waals surface area contributed by atoms with Crippen molar-refractivity contribution in [2.24, 2.45) is 5.73 Å². The predicted molar refractivity (Wildman–Crippen MR) is 102 cm³/mol. The zero-order valence-electron chi connectivity index (χ0n) is 15.0. The second-order valence-corrected chi connectivity index (χ2v) is 6.22. The molecule has 2 amide bonds. The molecule has 4 N–H and O–H groups in total. The van der Waals surface area contributed by atoms with Crippen molar-refractivity contribution in [1.82, 2.24) is 0 Å². The molecule has 0 saturated heterocycles. The van der Waals surface area contributed by atoms with E-state index >= 15 is 0 Å². The number of hydrogen-bond donors (Lipinski definition) is 3. The van der Waals surface area contributed by atoms with Crippen LogP contribution < -0.4 is 16.4 Å². The first-order valence-corrected chi connectivity index (χ1v) is 8.40. The first kappa shape index (κ1) is 18.7. The standard InChI is InChI=1S/C20H25N3O2/c1-13-6-7-16(11-14(13)2)20(25)23-18-9-8-17(12-15(18)3)22-19(24)5-4-10-21/h6-9,11-12H,4-5,10,21H2,1-3H3,(H,22,24)(H,23,25). The van der Waals surface area contributed by atoms with Gasteiger partial charge >= 0.3 is 0 Å². The van der Waals surface area contributed by atoms with Gasteiger partial charge in [-0.25, -0.2) is 0 Å². The topological polar surface area (TPSA) is 84.2 Å². The van der Waals surface area contributed by atoms with E-state index in [0.717, 1.165) is 22.4 Å².